The Hall–Kier alpha value is -0.160. The van der Waals surface area contributed by atoms with Crippen molar-refractivity contribution in [2.75, 3.05) is 26.9 Å². The molecule has 4 heteroatoms. The van der Waals surface area contributed by atoms with Crippen LogP contribution >= 0.6 is 0 Å². The summed E-state index contributed by atoms with van der Waals surface area (Å²) in [5, 5.41) is 9.44. The fourth-order valence-corrected chi connectivity index (χ4v) is 0.758. The molecule has 0 spiro atoms. The van der Waals surface area contributed by atoms with E-state index >= 15 is 0 Å². The summed E-state index contributed by atoms with van der Waals surface area (Å²) in [6, 6.07) is 0. The SMILES string of the molecule is CCOC(O)(COC)OCC. The minimum Gasteiger partial charge on any atom is -0.376 e. The lowest BCUT2D eigenvalue weighted by Gasteiger charge is -2.25. The smallest absolute Gasteiger partial charge is 0.305 e. The van der Waals surface area contributed by atoms with E-state index in [4.69, 9.17) is 14.2 Å². The first-order valence-electron chi connectivity index (χ1n) is 3.67. The second kappa shape index (κ2) is 5.49. The third-order valence-corrected chi connectivity index (χ3v) is 1.07. The zero-order valence-corrected chi connectivity index (χ0v) is 7.29. The molecule has 0 saturated heterocycles. The van der Waals surface area contributed by atoms with Crippen molar-refractivity contribution in [1.82, 2.24) is 0 Å². The number of methoxy groups -OCH3 is 1. The minimum absolute atomic E-state index is 0.0225. The number of rotatable bonds is 6. The number of aliphatic hydroxyl groups is 1. The quantitative estimate of drug-likeness (QED) is 0.575. The maximum atomic E-state index is 9.44. The average Bonchev–Trinajstić information content (AvgIpc) is 1.88. The van der Waals surface area contributed by atoms with Gasteiger partial charge in [0, 0.05) is 20.3 Å². The van der Waals surface area contributed by atoms with Gasteiger partial charge in [0.15, 0.2) is 0 Å². The largest absolute Gasteiger partial charge is 0.376 e. The lowest BCUT2D eigenvalue weighted by molar-refractivity contribution is -0.371. The molecule has 0 saturated carbocycles. The predicted molar refractivity (Wildman–Crippen MR) is 40.1 cm³/mol. The van der Waals surface area contributed by atoms with Gasteiger partial charge in [-0.05, 0) is 13.8 Å². The molecule has 0 aromatic rings. The van der Waals surface area contributed by atoms with Crippen LogP contribution in [0, 0.1) is 0 Å². The fraction of sp³-hybridized carbons (Fsp3) is 1.00. The number of hydrogen-bond donors (Lipinski definition) is 1. The molecule has 0 rings (SSSR count). The molecule has 0 aromatic carbocycles. The molecule has 0 fully saturated rings. The number of ether oxygens (including phenoxy) is 3. The lowest BCUT2D eigenvalue weighted by atomic mass is 10.5. The van der Waals surface area contributed by atoms with Crippen molar-refractivity contribution in [3.05, 3.63) is 0 Å². The summed E-state index contributed by atoms with van der Waals surface area (Å²) in [5.41, 5.74) is 0. The Morgan fingerprint density at radius 3 is 1.91 bits per heavy atom. The van der Waals surface area contributed by atoms with Crippen LogP contribution in [0.3, 0.4) is 0 Å². The first kappa shape index (κ1) is 10.8. The summed E-state index contributed by atoms with van der Waals surface area (Å²) in [6.07, 6.45) is 0. The highest BCUT2D eigenvalue weighted by Gasteiger charge is 2.27. The highest BCUT2D eigenvalue weighted by atomic mass is 16.8. The second-order valence-electron chi connectivity index (χ2n) is 2.01. The molecule has 0 bridgehead atoms. The summed E-state index contributed by atoms with van der Waals surface area (Å²) < 4.78 is 14.5. The highest BCUT2D eigenvalue weighted by Crippen LogP contribution is 2.08. The molecule has 68 valence electrons. The van der Waals surface area contributed by atoms with Crippen molar-refractivity contribution in [2.45, 2.75) is 19.8 Å². The Bertz CT molecular complexity index is 77.4. The summed E-state index contributed by atoms with van der Waals surface area (Å²) in [7, 11) is 1.48. The van der Waals surface area contributed by atoms with Gasteiger partial charge in [-0.3, -0.25) is 0 Å². The topological polar surface area (TPSA) is 47.9 Å². The van der Waals surface area contributed by atoms with E-state index in [0.717, 1.165) is 0 Å². The number of hydrogen-bond acceptors (Lipinski definition) is 4. The van der Waals surface area contributed by atoms with E-state index in [2.05, 4.69) is 0 Å². The van der Waals surface area contributed by atoms with Gasteiger partial charge in [0.1, 0.15) is 6.61 Å². The van der Waals surface area contributed by atoms with E-state index in [0.29, 0.717) is 13.2 Å². The molecule has 0 atom stereocenters. The van der Waals surface area contributed by atoms with Crippen molar-refractivity contribution in [3.8, 4) is 0 Å². The molecule has 0 heterocycles. The van der Waals surface area contributed by atoms with Crippen LogP contribution in [0.4, 0.5) is 0 Å². The first-order chi connectivity index (χ1) is 5.18. The van der Waals surface area contributed by atoms with E-state index in [-0.39, 0.29) is 6.61 Å². The lowest BCUT2D eigenvalue weighted by Crippen LogP contribution is -2.40. The molecule has 11 heavy (non-hydrogen) atoms. The maximum absolute atomic E-state index is 9.44. The standard InChI is InChI=1S/C7H16O4/c1-4-10-7(8,6-9-3)11-5-2/h8H,4-6H2,1-3H3. The van der Waals surface area contributed by atoms with Crippen LogP contribution in [0.2, 0.25) is 0 Å². The summed E-state index contributed by atoms with van der Waals surface area (Å²) >= 11 is 0. The van der Waals surface area contributed by atoms with Crippen molar-refractivity contribution >= 4 is 0 Å². The van der Waals surface area contributed by atoms with Crippen molar-refractivity contribution in [1.29, 1.82) is 0 Å². The van der Waals surface area contributed by atoms with Crippen LogP contribution in [0.5, 0.6) is 0 Å². The van der Waals surface area contributed by atoms with Gasteiger partial charge >= 0.3 is 5.97 Å². The van der Waals surface area contributed by atoms with Crippen molar-refractivity contribution < 1.29 is 19.3 Å². The summed E-state index contributed by atoms with van der Waals surface area (Å²) in [4.78, 5) is 0. The van der Waals surface area contributed by atoms with Gasteiger partial charge in [-0.1, -0.05) is 0 Å². The normalized spacial score (nSPS) is 12.0. The van der Waals surface area contributed by atoms with Gasteiger partial charge in [-0.25, -0.2) is 0 Å². The third-order valence-electron chi connectivity index (χ3n) is 1.07. The molecule has 0 aromatic heterocycles. The Kier molecular flexibility index (Phi) is 5.41. The van der Waals surface area contributed by atoms with Crippen LogP contribution in [-0.4, -0.2) is 38.0 Å². The second-order valence-corrected chi connectivity index (χ2v) is 2.01. The van der Waals surface area contributed by atoms with E-state index in [1.54, 1.807) is 13.8 Å². The van der Waals surface area contributed by atoms with Crippen LogP contribution in [0.15, 0.2) is 0 Å². The van der Waals surface area contributed by atoms with Gasteiger partial charge in [0.2, 0.25) is 0 Å². The average molecular weight is 164 g/mol. The molecule has 0 aliphatic rings. The monoisotopic (exact) mass is 164 g/mol. The Morgan fingerprint density at radius 1 is 1.18 bits per heavy atom. The third kappa shape index (κ3) is 4.31. The predicted octanol–water partition coefficient (Wildman–Crippen LogP) is 0.352. The summed E-state index contributed by atoms with van der Waals surface area (Å²) in [6.45, 7) is 4.35. The zero-order chi connectivity index (χ0) is 8.74. The van der Waals surface area contributed by atoms with Crippen LogP contribution in [0.1, 0.15) is 13.8 Å². The van der Waals surface area contributed by atoms with Gasteiger partial charge in [0.25, 0.3) is 0 Å². The molecule has 0 radical (unpaired) electrons. The van der Waals surface area contributed by atoms with E-state index < -0.39 is 5.97 Å². The van der Waals surface area contributed by atoms with Crippen LogP contribution in [-0.2, 0) is 14.2 Å². The molecule has 0 unspecified atom stereocenters. The van der Waals surface area contributed by atoms with Gasteiger partial charge in [0.05, 0.1) is 0 Å². The molecule has 4 nitrogen and oxygen atoms in total. The van der Waals surface area contributed by atoms with Gasteiger partial charge in [-0.15, -0.1) is 0 Å². The molecule has 0 aliphatic carbocycles. The van der Waals surface area contributed by atoms with E-state index in [1.807, 2.05) is 0 Å². The zero-order valence-electron chi connectivity index (χ0n) is 7.29. The molecular formula is C7H16O4. The highest BCUT2D eigenvalue weighted by molar-refractivity contribution is 4.50. The van der Waals surface area contributed by atoms with Crippen LogP contribution in [0.25, 0.3) is 0 Å². The Balaban J connectivity index is 3.79. The molecule has 0 amide bonds. The molecule has 1 N–H and O–H groups in total. The van der Waals surface area contributed by atoms with Gasteiger partial charge in [-0.2, -0.15) is 0 Å². The maximum Gasteiger partial charge on any atom is 0.305 e. The molecular weight excluding hydrogens is 148 g/mol. The Morgan fingerprint density at radius 2 is 1.64 bits per heavy atom. The van der Waals surface area contributed by atoms with E-state index in [9.17, 15) is 5.11 Å². The summed E-state index contributed by atoms with van der Waals surface area (Å²) in [5.74, 6) is -1.57. The van der Waals surface area contributed by atoms with Gasteiger partial charge < -0.3 is 19.3 Å². The fourth-order valence-electron chi connectivity index (χ4n) is 0.758. The van der Waals surface area contributed by atoms with E-state index in [1.165, 1.54) is 7.11 Å². The Labute approximate surface area is 67.1 Å². The molecule has 0 aliphatic heterocycles. The van der Waals surface area contributed by atoms with Crippen molar-refractivity contribution in [3.63, 3.8) is 0 Å². The van der Waals surface area contributed by atoms with Crippen LogP contribution < -0.4 is 0 Å². The first-order valence-corrected chi connectivity index (χ1v) is 3.67. The minimum atomic E-state index is -1.57. The van der Waals surface area contributed by atoms with Crippen molar-refractivity contribution in [2.24, 2.45) is 0 Å².